The quantitative estimate of drug-likeness (QED) is 0.868. The maximum Gasteiger partial charge on any atom is 0.416 e. The van der Waals surface area contributed by atoms with E-state index in [1.807, 2.05) is 13.0 Å². The maximum absolute atomic E-state index is 12.8. The van der Waals surface area contributed by atoms with Crippen molar-refractivity contribution in [2.75, 3.05) is 13.2 Å². The number of rotatable bonds is 4. The lowest BCUT2D eigenvalue weighted by Gasteiger charge is -2.22. The van der Waals surface area contributed by atoms with E-state index in [1.54, 1.807) is 0 Å². The minimum absolute atomic E-state index is 0.362. The minimum atomic E-state index is -4.35. The molecule has 6 heteroatoms. The van der Waals surface area contributed by atoms with E-state index in [4.69, 9.17) is 4.74 Å². The van der Waals surface area contributed by atoms with Crippen LogP contribution in [0, 0.1) is 0 Å². The molecule has 1 aromatic carbocycles. The average Bonchev–Trinajstić information content (AvgIpc) is 2.89. The van der Waals surface area contributed by atoms with Gasteiger partial charge in [-0.1, -0.05) is 22.9 Å². The fraction of sp³-hybridized carbons (Fsp3) is 0.429. The molecule has 0 saturated carbocycles. The van der Waals surface area contributed by atoms with Gasteiger partial charge in [-0.25, -0.2) is 0 Å². The van der Waals surface area contributed by atoms with Crippen molar-refractivity contribution in [2.45, 2.75) is 25.6 Å². The third-order valence-electron chi connectivity index (χ3n) is 3.06. The molecule has 0 fully saturated rings. The number of nitrogens with one attached hydrogen (secondary N) is 1. The molecule has 20 heavy (non-hydrogen) atoms. The zero-order valence-corrected chi connectivity index (χ0v) is 12.5. The number of likely N-dealkylation sites (N-methyl/N-ethyl adjacent to an activating group) is 1. The Bertz CT molecular complexity index is 514. The van der Waals surface area contributed by atoms with Crippen LogP contribution in [-0.2, 0) is 10.9 Å². The number of hydrogen-bond donors (Lipinski definition) is 1. The Morgan fingerprint density at radius 3 is 2.70 bits per heavy atom. The van der Waals surface area contributed by atoms with Crippen molar-refractivity contribution in [3.63, 3.8) is 0 Å². The second kappa shape index (κ2) is 6.18. The Hall–Kier alpha value is -1.01. The minimum Gasteiger partial charge on any atom is -0.496 e. The fourth-order valence-electron chi connectivity index (χ4n) is 2.15. The first-order valence-electron chi connectivity index (χ1n) is 6.36. The summed E-state index contributed by atoms with van der Waals surface area (Å²) in [5.74, 6) is 0.687. The predicted molar refractivity (Wildman–Crippen MR) is 74.2 cm³/mol. The molecule has 0 aliphatic carbocycles. The van der Waals surface area contributed by atoms with E-state index in [0.717, 1.165) is 12.5 Å². The van der Waals surface area contributed by atoms with Crippen LogP contribution in [0.2, 0.25) is 0 Å². The number of benzene rings is 1. The van der Waals surface area contributed by atoms with Gasteiger partial charge in [0.15, 0.2) is 0 Å². The molecule has 0 amide bonds. The molecule has 1 unspecified atom stereocenters. The van der Waals surface area contributed by atoms with E-state index in [2.05, 4.69) is 21.2 Å². The van der Waals surface area contributed by atoms with Crippen LogP contribution in [0.1, 0.15) is 30.5 Å². The summed E-state index contributed by atoms with van der Waals surface area (Å²) in [4.78, 5) is 0. The van der Waals surface area contributed by atoms with Crippen LogP contribution in [0.5, 0.6) is 0 Å². The Morgan fingerprint density at radius 1 is 1.40 bits per heavy atom. The lowest BCUT2D eigenvalue weighted by Crippen LogP contribution is -2.24. The smallest absolute Gasteiger partial charge is 0.416 e. The summed E-state index contributed by atoms with van der Waals surface area (Å²) in [6.45, 7) is 3.12. The highest BCUT2D eigenvalue weighted by Gasteiger charge is 2.32. The fourth-order valence-corrected chi connectivity index (χ4v) is 2.62. The molecule has 110 valence electrons. The van der Waals surface area contributed by atoms with Crippen molar-refractivity contribution < 1.29 is 17.9 Å². The number of ether oxygens (including phenoxy) is 1. The van der Waals surface area contributed by atoms with Crippen LogP contribution in [0.25, 0.3) is 0 Å². The number of halogens is 4. The molecule has 0 bridgehead atoms. The van der Waals surface area contributed by atoms with E-state index in [1.165, 1.54) is 12.1 Å². The van der Waals surface area contributed by atoms with Crippen molar-refractivity contribution >= 4 is 15.9 Å². The normalized spacial score (nSPS) is 16.8. The molecule has 1 N–H and O–H groups in total. The molecule has 1 atom stereocenters. The van der Waals surface area contributed by atoms with E-state index < -0.39 is 11.7 Å². The summed E-state index contributed by atoms with van der Waals surface area (Å²) < 4.78 is 44.7. The highest BCUT2D eigenvalue weighted by atomic mass is 79.9. The number of alkyl halides is 3. The number of hydrogen-bond acceptors (Lipinski definition) is 2. The van der Waals surface area contributed by atoms with Gasteiger partial charge in [-0.3, -0.25) is 0 Å². The molecule has 0 saturated heterocycles. The lowest BCUT2D eigenvalue weighted by atomic mass is 10.0. The topological polar surface area (TPSA) is 21.3 Å². The van der Waals surface area contributed by atoms with Gasteiger partial charge in [-0.15, -0.1) is 0 Å². The molecule has 1 aliphatic heterocycles. The molecule has 0 aromatic heterocycles. The second-order valence-corrected chi connectivity index (χ2v) is 5.32. The maximum atomic E-state index is 12.8. The van der Waals surface area contributed by atoms with Gasteiger partial charge in [0.1, 0.15) is 5.76 Å². The molecule has 0 radical (unpaired) electrons. The van der Waals surface area contributed by atoms with Crippen LogP contribution < -0.4 is 5.32 Å². The van der Waals surface area contributed by atoms with Crippen molar-refractivity contribution in [3.8, 4) is 0 Å². The van der Waals surface area contributed by atoms with E-state index in [0.29, 0.717) is 28.9 Å². The zero-order chi connectivity index (χ0) is 14.8. The summed E-state index contributed by atoms with van der Waals surface area (Å²) in [5, 5.41) is 3.17. The highest BCUT2D eigenvalue weighted by Crippen LogP contribution is 2.36. The van der Waals surface area contributed by atoms with Crippen molar-refractivity contribution in [2.24, 2.45) is 0 Å². The van der Waals surface area contributed by atoms with Crippen LogP contribution in [-0.4, -0.2) is 13.2 Å². The molecule has 2 nitrogen and oxygen atoms in total. The third kappa shape index (κ3) is 3.35. The van der Waals surface area contributed by atoms with E-state index in [-0.39, 0.29) is 6.04 Å². The Morgan fingerprint density at radius 2 is 2.15 bits per heavy atom. The Balaban J connectivity index is 2.41. The molecule has 0 spiro atoms. The monoisotopic (exact) mass is 349 g/mol. The van der Waals surface area contributed by atoms with E-state index >= 15 is 0 Å². The van der Waals surface area contributed by atoms with Gasteiger partial charge in [0.2, 0.25) is 0 Å². The summed E-state index contributed by atoms with van der Waals surface area (Å²) >= 11 is 3.32. The third-order valence-corrected chi connectivity index (χ3v) is 3.78. The first-order chi connectivity index (χ1) is 9.43. The molecule has 1 aliphatic rings. The molecule has 1 heterocycles. The van der Waals surface area contributed by atoms with Crippen LogP contribution in [0.3, 0.4) is 0 Å². The Labute approximate surface area is 124 Å². The molecule has 2 rings (SSSR count). The summed E-state index contributed by atoms with van der Waals surface area (Å²) in [5.41, 5.74) is -0.118. The largest absolute Gasteiger partial charge is 0.496 e. The molecular formula is C14H15BrF3NO. The predicted octanol–water partition coefficient (Wildman–Crippen LogP) is 4.42. The summed E-state index contributed by atoms with van der Waals surface area (Å²) in [7, 11) is 0. The van der Waals surface area contributed by atoms with Gasteiger partial charge in [0.05, 0.1) is 18.2 Å². The van der Waals surface area contributed by atoms with Crippen molar-refractivity contribution in [1.29, 1.82) is 0 Å². The van der Waals surface area contributed by atoms with Crippen molar-refractivity contribution in [3.05, 3.63) is 45.6 Å². The molecule has 1 aromatic rings. The van der Waals surface area contributed by atoms with Gasteiger partial charge in [0.25, 0.3) is 0 Å². The van der Waals surface area contributed by atoms with Gasteiger partial charge in [0, 0.05) is 10.9 Å². The average molecular weight is 350 g/mol. The highest BCUT2D eigenvalue weighted by molar-refractivity contribution is 9.10. The molecular weight excluding hydrogens is 335 g/mol. The van der Waals surface area contributed by atoms with Crippen LogP contribution in [0.15, 0.2) is 34.5 Å². The Kier molecular flexibility index (Phi) is 4.75. The van der Waals surface area contributed by atoms with Gasteiger partial charge < -0.3 is 10.1 Å². The SMILES string of the molecule is CCNC(C1=CCCO1)c1cc(C(F)(F)F)ccc1Br. The van der Waals surface area contributed by atoms with Gasteiger partial charge in [-0.05, 0) is 36.4 Å². The van der Waals surface area contributed by atoms with Gasteiger partial charge in [-0.2, -0.15) is 13.2 Å². The lowest BCUT2D eigenvalue weighted by molar-refractivity contribution is -0.137. The first-order valence-corrected chi connectivity index (χ1v) is 7.15. The second-order valence-electron chi connectivity index (χ2n) is 4.47. The summed E-state index contributed by atoms with van der Waals surface area (Å²) in [6, 6.07) is 3.30. The van der Waals surface area contributed by atoms with Crippen molar-refractivity contribution in [1.82, 2.24) is 5.32 Å². The van der Waals surface area contributed by atoms with Crippen LogP contribution in [0.4, 0.5) is 13.2 Å². The van der Waals surface area contributed by atoms with E-state index in [9.17, 15) is 13.2 Å². The first kappa shape index (κ1) is 15.4. The van der Waals surface area contributed by atoms with Gasteiger partial charge >= 0.3 is 6.18 Å². The zero-order valence-electron chi connectivity index (χ0n) is 10.9. The summed E-state index contributed by atoms with van der Waals surface area (Å²) in [6.07, 6.45) is -1.65. The van der Waals surface area contributed by atoms with Crippen LogP contribution >= 0.6 is 15.9 Å². The standard InChI is InChI=1S/C14H15BrF3NO/c1-2-19-13(12-4-3-7-20-12)10-8-9(14(16,17)18)5-6-11(10)15/h4-6,8,13,19H,2-3,7H2,1H3.